The Morgan fingerprint density at radius 2 is 2.09 bits per heavy atom. The number of aryl methyl sites for hydroxylation is 1. The maximum atomic E-state index is 12.4. The molecule has 3 heterocycles. The van der Waals surface area contributed by atoms with Crippen LogP contribution in [0.3, 0.4) is 0 Å². The van der Waals surface area contributed by atoms with E-state index in [1.165, 1.54) is 11.3 Å². The van der Waals surface area contributed by atoms with Crippen molar-refractivity contribution < 1.29 is 9.21 Å². The van der Waals surface area contributed by atoms with Crippen LogP contribution < -0.4 is 0 Å². The molecule has 0 saturated carbocycles. The van der Waals surface area contributed by atoms with Gasteiger partial charge >= 0.3 is 0 Å². The monoisotopic (exact) mass is 320 g/mol. The highest BCUT2D eigenvalue weighted by atomic mass is 32.1. The first-order chi connectivity index (χ1) is 10.5. The number of aromatic nitrogens is 3. The van der Waals surface area contributed by atoms with Crippen molar-refractivity contribution in [2.24, 2.45) is 0 Å². The fourth-order valence-electron chi connectivity index (χ4n) is 2.60. The van der Waals surface area contributed by atoms with Crippen LogP contribution in [-0.4, -0.2) is 39.1 Å². The Bertz CT molecular complexity index is 656. The molecule has 22 heavy (non-hydrogen) atoms. The molecule has 1 aliphatic rings. The van der Waals surface area contributed by atoms with Gasteiger partial charge in [0.05, 0.1) is 5.01 Å². The molecule has 6 nitrogen and oxygen atoms in total. The minimum Gasteiger partial charge on any atom is -0.425 e. The number of thiazole rings is 1. The first kappa shape index (κ1) is 15.1. The summed E-state index contributed by atoms with van der Waals surface area (Å²) in [7, 11) is 0. The Kier molecular flexibility index (Phi) is 4.24. The second-order valence-corrected chi connectivity index (χ2v) is 7.01. The van der Waals surface area contributed by atoms with Crippen molar-refractivity contribution in [3.63, 3.8) is 0 Å². The van der Waals surface area contributed by atoms with E-state index in [9.17, 15) is 4.79 Å². The molecule has 0 bridgehead atoms. The van der Waals surface area contributed by atoms with Crippen LogP contribution in [0, 0.1) is 6.92 Å². The van der Waals surface area contributed by atoms with Crippen LogP contribution in [0.5, 0.6) is 0 Å². The van der Waals surface area contributed by atoms with E-state index in [0.717, 1.165) is 17.8 Å². The van der Waals surface area contributed by atoms with Gasteiger partial charge in [0.25, 0.3) is 5.91 Å². The van der Waals surface area contributed by atoms with Crippen LogP contribution in [0.15, 0.2) is 9.80 Å². The van der Waals surface area contributed by atoms with Crippen LogP contribution >= 0.6 is 11.3 Å². The second-order valence-electron chi connectivity index (χ2n) is 5.95. The Balaban J connectivity index is 1.61. The van der Waals surface area contributed by atoms with Gasteiger partial charge in [-0.1, -0.05) is 13.8 Å². The summed E-state index contributed by atoms with van der Waals surface area (Å²) < 4.78 is 5.73. The van der Waals surface area contributed by atoms with Crippen LogP contribution in [-0.2, 0) is 0 Å². The van der Waals surface area contributed by atoms with Crippen molar-refractivity contribution in [2.75, 3.05) is 13.1 Å². The van der Waals surface area contributed by atoms with Gasteiger partial charge in [0, 0.05) is 30.3 Å². The average molecular weight is 320 g/mol. The van der Waals surface area contributed by atoms with Gasteiger partial charge in [0.2, 0.25) is 11.8 Å². The predicted molar refractivity (Wildman–Crippen MR) is 83.1 cm³/mol. The van der Waals surface area contributed by atoms with E-state index in [4.69, 9.17) is 4.42 Å². The maximum Gasteiger partial charge on any atom is 0.273 e. The Morgan fingerprint density at radius 1 is 1.36 bits per heavy atom. The zero-order valence-corrected chi connectivity index (χ0v) is 13.9. The van der Waals surface area contributed by atoms with Gasteiger partial charge in [-0.05, 0) is 19.8 Å². The quantitative estimate of drug-likeness (QED) is 0.869. The lowest BCUT2D eigenvalue weighted by atomic mass is 9.96. The van der Waals surface area contributed by atoms with Crippen LogP contribution in [0.25, 0.3) is 0 Å². The first-order valence-electron chi connectivity index (χ1n) is 7.59. The lowest BCUT2D eigenvalue weighted by molar-refractivity contribution is 0.0700. The topological polar surface area (TPSA) is 72.1 Å². The number of amides is 1. The Morgan fingerprint density at radius 3 is 2.64 bits per heavy atom. The third-order valence-electron chi connectivity index (χ3n) is 3.92. The second kappa shape index (κ2) is 6.16. The number of piperidine rings is 1. The summed E-state index contributed by atoms with van der Waals surface area (Å²) in [4.78, 5) is 18.5. The smallest absolute Gasteiger partial charge is 0.273 e. The molecule has 0 spiro atoms. The van der Waals surface area contributed by atoms with Gasteiger partial charge in [-0.2, -0.15) is 0 Å². The summed E-state index contributed by atoms with van der Waals surface area (Å²) in [5.74, 6) is 1.92. The van der Waals surface area contributed by atoms with Crippen LogP contribution in [0.2, 0.25) is 0 Å². The lowest BCUT2D eigenvalue weighted by Gasteiger charge is -2.29. The van der Waals surface area contributed by atoms with Crippen molar-refractivity contribution in [3.8, 4) is 0 Å². The number of carbonyl (C=O) groups is 1. The third-order valence-corrected chi connectivity index (χ3v) is 4.69. The molecule has 0 unspecified atom stereocenters. The molecule has 0 aromatic carbocycles. The largest absolute Gasteiger partial charge is 0.425 e. The zero-order chi connectivity index (χ0) is 15.7. The maximum absolute atomic E-state index is 12.4. The fourth-order valence-corrected chi connectivity index (χ4v) is 3.18. The normalized spacial score (nSPS) is 16.5. The summed E-state index contributed by atoms with van der Waals surface area (Å²) in [6.45, 7) is 7.40. The van der Waals surface area contributed by atoms with E-state index < -0.39 is 0 Å². The molecular formula is C15H20N4O2S. The zero-order valence-electron chi connectivity index (χ0n) is 13.1. The first-order valence-corrected chi connectivity index (χ1v) is 8.47. The van der Waals surface area contributed by atoms with Gasteiger partial charge in [-0.3, -0.25) is 4.79 Å². The molecule has 1 amide bonds. The standard InChI is InChI=1S/C15H20N4O2S/c1-9(2)13-17-18-14(21-13)11-4-6-19(7-5-11)15(20)12-8-22-10(3)16-12/h8-9,11H,4-7H2,1-3H3. The van der Waals surface area contributed by atoms with E-state index in [1.54, 1.807) is 0 Å². The summed E-state index contributed by atoms with van der Waals surface area (Å²) in [5, 5.41) is 11.0. The molecule has 0 N–H and O–H groups in total. The molecule has 118 valence electrons. The molecule has 2 aromatic rings. The number of likely N-dealkylation sites (tertiary alicyclic amines) is 1. The van der Waals surface area contributed by atoms with Crippen molar-refractivity contribution in [3.05, 3.63) is 27.9 Å². The predicted octanol–water partition coefficient (Wildman–Crippen LogP) is 2.98. The van der Waals surface area contributed by atoms with E-state index in [0.29, 0.717) is 30.6 Å². The minimum atomic E-state index is 0.0243. The summed E-state index contributed by atoms with van der Waals surface area (Å²) in [6.07, 6.45) is 1.71. The molecule has 1 aliphatic heterocycles. The number of rotatable bonds is 3. The number of nitrogens with zero attached hydrogens (tertiary/aromatic N) is 4. The highest BCUT2D eigenvalue weighted by Gasteiger charge is 2.28. The van der Waals surface area contributed by atoms with Gasteiger partial charge in [0.1, 0.15) is 5.69 Å². The SMILES string of the molecule is Cc1nc(C(=O)N2CCC(c3nnc(C(C)C)o3)CC2)cs1. The van der Waals surface area contributed by atoms with Crippen molar-refractivity contribution in [1.82, 2.24) is 20.1 Å². The van der Waals surface area contributed by atoms with E-state index >= 15 is 0 Å². The van der Waals surface area contributed by atoms with Gasteiger partial charge in [0.15, 0.2) is 0 Å². The molecule has 3 rings (SSSR count). The molecule has 7 heteroatoms. The summed E-state index contributed by atoms with van der Waals surface area (Å²) in [5.41, 5.74) is 0.556. The average Bonchev–Trinajstić information content (AvgIpc) is 3.16. The summed E-state index contributed by atoms with van der Waals surface area (Å²) in [6, 6.07) is 0. The third kappa shape index (κ3) is 3.04. The van der Waals surface area contributed by atoms with Crippen LogP contribution in [0.4, 0.5) is 0 Å². The number of hydrogen-bond acceptors (Lipinski definition) is 6. The molecule has 2 aromatic heterocycles. The van der Waals surface area contributed by atoms with E-state index in [1.807, 2.05) is 31.1 Å². The fraction of sp³-hybridized carbons (Fsp3) is 0.600. The number of hydrogen-bond donors (Lipinski definition) is 0. The molecule has 0 atom stereocenters. The minimum absolute atomic E-state index is 0.0243. The molecular weight excluding hydrogens is 300 g/mol. The summed E-state index contributed by atoms with van der Waals surface area (Å²) >= 11 is 1.51. The lowest BCUT2D eigenvalue weighted by Crippen LogP contribution is -2.38. The Hall–Kier alpha value is -1.76. The van der Waals surface area contributed by atoms with Crippen molar-refractivity contribution >= 4 is 17.2 Å². The van der Waals surface area contributed by atoms with E-state index in [2.05, 4.69) is 15.2 Å². The Labute approximate surface area is 133 Å². The molecule has 0 aliphatic carbocycles. The molecule has 1 fully saturated rings. The van der Waals surface area contributed by atoms with Crippen LogP contribution in [0.1, 0.15) is 65.8 Å². The van der Waals surface area contributed by atoms with Gasteiger partial charge in [-0.15, -0.1) is 21.5 Å². The van der Waals surface area contributed by atoms with Crippen molar-refractivity contribution in [2.45, 2.75) is 45.4 Å². The van der Waals surface area contributed by atoms with Gasteiger partial charge < -0.3 is 9.32 Å². The number of carbonyl (C=O) groups excluding carboxylic acids is 1. The van der Waals surface area contributed by atoms with Crippen molar-refractivity contribution in [1.29, 1.82) is 0 Å². The highest BCUT2D eigenvalue weighted by Crippen LogP contribution is 2.29. The van der Waals surface area contributed by atoms with E-state index in [-0.39, 0.29) is 17.7 Å². The molecule has 1 saturated heterocycles. The molecule has 0 radical (unpaired) electrons. The highest BCUT2D eigenvalue weighted by molar-refractivity contribution is 7.09. The van der Waals surface area contributed by atoms with Gasteiger partial charge in [-0.25, -0.2) is 4.98 Å².